The summed E-state index contributed by atoms with van der Waals surface area (Å²) in [7, 11) is 0. The fraction of sp³-hybridized carbons (Fsp3) is 0.182. The lowest BCUT2D eigenvalue weighted by atomic mass is 9.72. The second-order valence-electron chi connectivity index (χ2n) is 21.8. The van der Waals surface area contributed by atoms with Gasteiger partial charge < -0.3 is 13.7 Å². The molecule has 0 fully saturated rings. The Morgan fingerprint density at radius 3 is 1.59 bits per heavy atom. The zero-order valence-electron chi connectivity index (χ0n) is 40.8. The molecule has 0 spiro atoms. The van der Waals surface area contributed by atoms with E-state index in [2.05, 4.69) is 225 Å². The molecule has 3 heteroatoms. The van der Waals surface area contributed by atoms with E-state index in [0.29, 0.717) is 0 Å². The summed E-state index contributed by atoms with van der Waals surface area (Å²) in [4.78, 5) is 2.49. The maximum Gasteiger partial charge on any atom is 0.144 e. The molecule has 3 aliphatic rings. The molecular weight excluding hydrogens is 839 g/mol. The van der Waals surface area contributed by atoms with Crippen molar-refractivity contribution in [2.24, 2.45) is 0 Å². The number of aryl methyl sites for hydroxylation is 3. The largest absolute Gasteiger partial charge is 0.455 e. The molecule has 11 aromatic rings. The second-order valence-corrected chi connectivity index (χ2v) is 21.8. The summed E-state index contributed by atoms with van der Waals surface area (Å²) in [6, 6.07) is 58.8. The van der Waals surface area contributed by atoms with E-state index in [1.807, 2.05) is 0 Å². The minimum atomic E-state index is -0.317. The Labute approximate surface area is 403 Å². The molecule has 0 saturated carbocycles. The topological polar surface area (TPSA) is 29.5 Å². The van der Waals surface area contributed by atoms with Gasteiger partial charge in [-0.15, -0.1) is 0 Å². The van der Waals surface area contributed by atoms with Gasteiger partial charge in [0.1, 0.15) is 22.3 Å². The number of hydrogen-bond acceptors (Lipinski definition) is 3. The van der Waals surface area contributed by atoms with Crippen molar-refractivity contribution in [2.75, 3.05) is 4.90 Å². The lowest BCUT2D eigenvalue weighted by Gasteiger charge is -2.32. The van der Waals surface area contributed by atoms with E-state index in [-0.39, 0.29) is 16.2 Å². The molecule has 2 heterocycles. The van der Waals surface area contributed by atoms with Gasteiger partial charge in [-0.25, -0.2) is 0 Å². The highest BCUT2D eigenvalue weighted by atomic mass is 16.3. The predicted molar refractivity (Wildman–Crippen MR) is 288 cm³/mol. The Morgan fingerprint density at radius 2 is 0.899 bits per heavy atom. The van der Waals surface area contributed by atoms with E-state index in [1.54, 1.807) is 0 Å². The standard InChI is InChI=1S/C66H53NO2/c1-36-17-16-18-39(32-36)67(40-26-29-44-50(33-40)64(4,5)52-35-48(42-28-25-37(2)31-38(42)3)62-57(55(44)52)46-20-11-14-23-53(46)68-62)41-27-30-45-51(34-41)66(8,9)60-56(45)58-47-21-12-15-24-54(47)69-63(58)59-43-19-10-13-22-49(43)65(6,7)61(59)60/h10-35H,1-9H3. The first-order valence-electron chi connectivity index (χ1n) is 24.6. The fourth-order valence-electron chi connectivity index (χ4n) is 13.4. The van der Waals surface area contributed by atoms with Crippen LogP contribution in [0.1, 0.15) is 91.6 Å². The van der Waals surface area contributed by atoms with E-state index in [4.69, 9.17) is 8.83 Å². The summed E-state index contributed by atoms with van der Waals surface area (Å²) in [6.45, 7) is 21.1. The first-order chi connectivity index (χ1) is 33.2. The lowest BCUT2D eigenvalue weighted by molar-refractivity contribution is 0.600. The van der Waals surface area contributed by atoms with E-state index >= 15 is 0 Å². The molecule has 0 bridgehead atoms. The van der Waals surface area contributed by atoms with Crippen LogP contribution in [0.25, 0.3) is 88.4 Å². The van der Waals surface area contributed by atoms with Crippen molar-refractivity contribution in [1.82, 2.24) is 0 Å². The minimum absolute atomic E-state index is 0.220. The number of furan rings is 2. The number of rotatable bonds is 4. The Kier molecular flexibility index (Phi) is 7.94. The van der Waals surface area contributed by atoms with Gasteiger partial charge in [-0.05, 0) is 153 Å². The van der Waals surface area contributed by atoms with Crippen molar-refractivity contribution in [3.05, 3.63) is 208 Å². The monoisotopic (exact) mass is 891 g/mol. The van der Waals surface area contributed by atoms with Gasteiger partial charge in [-0.2, -0.15) is 0 Å². The molecule has 3 nitrogen and oxygen atoms in total. The first-order valence-corrected chi connectivity index (χ1v) is 24.6. The summed E-state index contributed by atoms with van der Waals surface area (Å²) in [6.07, 6.45) is 0. The van der Waals surface area contributed by atoms with Gasteiger partial charge in [0.05, 0.1) is 0 Å². The van der Waals surface area contributed by atoms with Crippen LogP contribution in [0.3, 0.4) is 0 Å². The molecule has 0 amide bonds. The van der Waals surface area contributed by atoms with Crippen LogP contribution >= 0.6 is 0 Å². The lowest BCUT2D eigenvalue weighted by Crippen LogP contribution is -2.24. The van der Waals surface area contributed by atoms with Crippen molar-refractivity contribution in [1.29, 1.82) is 0 Å². The highest BCUT2D eigenvalue weighted by Gasteiger charge is 2.49. The van der Waals surface area contributed by atoms with Gasteiger partial charge in [0, 0.05) is 66.0 Å². The van der Waals surface area contributed by atoms with E-state index in [0.717, 1.165) is 50.3 Å². The number of para-hydroxylation sites is 2. The number of hydrogen-bond donors (Lipinski definition) is 0. The first kappa shape index (κ1) is 40.4. The van der Waals surface area contributed by atoms with Gasteiger partial charge in [0.15, 0.2) is 0 Å². The molecule has 0 unspecified atom stereocenters. The fourth-order valence-corrected chi connectivity index (χ4v) is 13.4. The maximum atomic E-state index is 6.98. The van der Waals surface area contributed by atoms with Crippen molar-refractivity contribution >= 4 is 60.9 Å². The Balaban J connectivity index is 0.987. The van der Waals surface area contributed by atoms with Gasteiger partial charge in [0.2, 0.25) is 0 Å². The molecule has 334 valence electrons. The summed E-state index contributed by atoms with van der Waals surface area (Å²) in [5.74, 6) is 0. The minimum Gasteiger partial charge on any atom is -0.455 e. The average Bonchev–Trinajstić information content (AvgIpc) is 4.08. The van der Waals surface area contributed by atoms with Crippen molar-refractivity contribution < 1.29 is 8.83 Å². The van der Waals surface area contributed by atoms with E-state index in [9.17, 15) is 0 Å². The number of anilines is 3. The SMILES string of the molecule is Cc1cccc(N(c2ccc3c(c2)C(C)(C)c2cc(-c4ccc(C)cc4C)c4oc5ccccc5c4c2-3)c2ccc3c(c2)C(C)(C)c2c4c(c5oc6ccccc6c5c2-3)-c2ccccc2C4(C)C)c1. The number of nitrogens with zero attached hydrogens (tertiary/aromatic N) is 1. The highest BCUT2D eigenvalue weighted by molar-refractivity contribution is 6.21. The zero-order valence-corrected chi connectivity index (χ0v) is 40.8. The molecule has 14 rings (SSSR count). The van der Waals surface area contributed by atoms with Crippen LogP contribution in [-0.4, -0.2) is 0 Å². The van der Waals surface area contributed by atoms with Crippen LogP contribution in [-0.2, 0) is 16.2 Å². The zero-order chi connectivity index (χ0) is 47.0. The van der Waals surface area contributed by atoms with Crippen molar-refractivity contribution in [3.8, 4) is 44.5 Å². The molecule has 2 aromatic heterocycles. The summed E-state index contributed by atoms with van der Waals surface area (Å²) in [5.41, 5.74) is 28.3. The average molecular weight is 892 g/mol. The molecular formula is C66H53NO2. The molecule has 0 atom stereocenters. The molecule has 0 N–H and O–H groups in total. The van der Waals surface area contributed by atoms with Gasteiger partial charge in [-0.1, -0.05) is 150 Å². The van der Waals surface area contributed by atoms with Gasteiger partial charge in [-0.3, -0.25) is 0 Å². The second kappa shape index (κ2) is 13.5. The van der Waals surface area contributed by atoms with Crippen LogP contribution in [0.4, 0.5) is 17.1 Å². The summed E-state index contributed by atoms with van der Waals surface area (Å²) >= 11 is 0. The van der Waals surface area contributed by atoms with Crippen molar-refractivity contribution in [2.45, 2.75) is 78.6 Å². The summed E-state index contributed by atoms with van der Waals surface area (Å²) in [5, 5.41) is 4.75. The molecule has 9 aromatic carbocycles. The molecule has 69 heavy (non-hydrogen) atoms. The summed E-state index contributed by atoms with van der Waals surface area (Å²) < 4.78 is 13.9. The number of fused-ring (bicyclic) bond motifs is 19. The van der Waals surface area contributed by atoms with Crippen LogP contribution in [0.15, 0.2) is 167 Å². The highest BCUT2D eigenvalue weighted by Crippen LogP contribution is 2.64. The molecule has 0 saturated heterocycles. The van der Waals surface area contributed by atoms with Crippen LogP contribution in [0.2, 0.25) is 0 Å². The third-order valence-electron chi connectivity index (χ3n) is 16.6. The molecule has 0 aliphatic heterocycles. The van der Waals surface area contributed by atoms with Crippen LogP contribution in [0.5, 0.6) is 0 Å². The Bertz CT molecular complexity index is 4090. The molecule has 0 radical (unpaired) electrons. The van der Waals surface area contributed by atoms with Gasteiger partial charge in [0.25, 0.3) is 0 Å². The van der Waals surface area contributed by atoms with E-state index in [1.165, 1.54) is 105 Å². The van der Waals surface area contributed by atoms with Crippen LogP contribution in [0, 0.1) is 20.8 Å². The smallest absolute Gasteiger partial charge is 0.144 e. The Hall–Kier alpha value is -7.62. The maximum absolute atomic E-state index is 6.98. The van der Waals surface area contributed by atoms with E-state index < -0.39 is 0 Å². The normalized spacial score (nSPS) is 15.4. The predicted octanol–water partition coefficient (Wildman–Crippen LogP) is 18.5. The van der Waals surface area contributed by atoms with Crippen molar-refractivity contribution in [3.63, 3.8) is 0 Å². The molecule has 3 aliphatic carbocycles. The third kappa shape index (κ3) is 5.23. The van der Waals surface area contributed by atoms with Crippen LogP contribution < -0.4 is 4.90 Å². The third-order valence-corrected chi connectivity index (χ3v) is 16.6. The Morgan fingerprint density at radius 1 is 0.362 bits per heavy atom. The van der Waals surface area contributed by atoms with Gasteiger partial charge >= 0.3 is 0 Å². The quantitative estimate of drug-likeness (QED) is 0.176. The number of benzene rings is 9.